The molecule has 142 valence electrons. The quantitative estimate of drug-likeness (QED) is 0.720. The molecule has 3 N–H and O–H groups in total. The van der Waals surface area contributed by atoms with E-state index in [2.05, 4.69) is 20.6 Å². The largest absolute Gasteiger partial charge is 0.478 e. The van der Waals surface area contributed by atoms with E-state index in [0.29, 0.717) is 5.69 Å². The highest BCUT2D eigenvalue weighted by atomic mass is 19.1. The van der Waals surface area contributed by atoms with Gasteiger partial charge < -0.3 is 20.3 Å². The van der Waals surface area contributed by atoms with Crippen molar-refractivity contribution in [2.75, 3.05) is 36.5 Å². The van der Waals surface area contributed by atoms with Crippen molar-refractivity contribution in [1.82, 2.24) is 15.3 Å². The van der Waals surface area contributed by atoms with Gasteiger partial charge >= 0.3 is 5.97 Å². The third kappa shape index (κ3) is 3.72. The third-order valence-electron chi connectivity index (χ3n) is 5.07. The Morgan fingerprint density at radius 2 is 2.11 bits per heavy atom. The van der Waals surface area contributed by atoms with Gasteiger partial charge in [-0.05, 0) is 50.2 Å². The van der Waals surface area contributed by atoms with Gasteiger partial charge in [-0.2, -0.15) is 0 Å². The number of hydrazine groups is 1. The number of anilines is 2. The molecule has 1 atom stereocenters. The molecule has 27 heavy (non-hydrogen) atoms. The fourth-order valence-corrected chi connectivity index (χ4v) is 3.69. The average Bonchev–Trinajstić information content (AvgIpc) is 3.28. The summed E-state index contributed by atoms with van der Waals surface area (Å²) < 4.78 is 13.9. The van der Waals surface area contributed by atoms with E-state index >= 15 is 0 Å². The average molecular weight is 371 g/mol. The summed E-state index contributed by atoms with van der Waals surface area (Å²) in [6.45, 7) is 3.91. The fourth-order valence-electron chi connectivity index (χ4n) is 3.69. The van der Waals surface area contributed by atoms with Crippen LogP contribution in [-0.2, 0) is 0 Å². The molecule has 2 aliphatic rings. The normalized spacial score (nSPS) is 19.3. The van der Waals surface area contributed by atoms with Crippen molar-refractivity contribution in [2.24, 2.45) is 0 Å². The highest BCUT2D eigenvalue weighted by Crippen LogP contribution is 2.34. The van der Waals surface area contributed by atoms with E-state index in [1.54, 1.807) is 6.07 Å². The summed E-state index contributed by atoms with van der Waals surface area (Å²) in [5, 5.41) is 14.5. The van der Waals surface area contributed by atoms with E-state index in [0.717, 1.165) is 37.4 Å². The number of benzene rings is 1. The lowest BCUT2D eigenvalue weighted by atomic mass is 10.1. The second-order valence-corrected chi connectivity index (χ2v) is 6.84. The van der Waals surface area contributed by atoms with Gasteiger partial charge in [-0.3, -0.25) is 4.98 Å². The van der Waals surface area contributed by atoms with Crippen molar-refractivity contribution < 1.29 is 14.3 Å². The number of carbonyl (C=O) groups is 1. The first kappa shape index (κ1) is 17.7. The zero-order valence-electron chi connectivity index (χ0n) is 14.9. The Labute approximate surface area is 156 Å². The highest BCUT2D eigenvalue weighted by Gasteiger charge is 2.30. The van der Waals surface area contributed by atoms with Crippen LogP contribution in [0.25, 0.3) is 0 Å². The van der Waals surface area contributed by atoms with E-state index < -0.39 is 12.1 Å². The maximum atomic E-state index is 13.9. The predicted molar refractivity (Wildman–Crippen MR) is 100 cm³/mol. The number of aromatic carboxylic acids is 1. The van der Waals surface area contributed by atoms with Gasteiger partial charge in [0, 0.05) is 24.8 Å². The Kier molecular flexibility index (Phi) is 4.91. The molecule has 1 saturated heterocycles. The molecule has 1 fully saturated rings. The van der Waals surface area contributed by atoms with Crippen LogP contribution in [0.5, 0.6) is 0 Å². The summed E-state index contributed by atoms with van der Waals surface area (Å²) in [5.41, 5.74) is 5.49. The van der Waals surface area contributed by atoms with Crippen LogP contribution in [0.1, 0.15) is 34.9 Å². The molecular formula is C19H22FN5O2. The number of fused-ring (bicyclic) bond motifs is 1. The summed E-state index contributed by atoms with van der Waals surface area (Å²) in [4.78, 5) is 17.9. The molecule has 2 aliphatic heterocycles. The minimum Gasteiger partial charge on any atom is -0.478 e. The molecule has 1 aromatic heterocycles. The number of likely N-dealkylation sites (tertiary alicyclic amines) is 1. The summed E-state index contributed by atoms with van der Waals surface area (Å²) in [6.07, 6.45) is 4.94. The molecule has 0 spiro atoms. The van der Waals surface area contributed by atoms with E-state index in [9.17, 15) is 14.3 Å². The number of pyridine rings is 1. The predicted octanol–water partition coefficient (Wildman–Crippen LogP) is 2.45. The second-order valence-electron chi connectivity index (χ2n) is 6.84. The summed E-state index contributed by atoms with van der Waals surface area (Å²) in [5.74, 6) is -1.36. The zero-order valence-corrected chi connectivity index (χ0v) is 14.9. The van der Waals surface area contributed by atoms with Gasteiger partial charge in [0.2, 0.25) is 0 Å². The molecule has 2 aromatic rings. The lowest BCUT2D eigenvalue weighted by Crippen LogP contribution is -2.41. The number of carboxylic acids is 1. The number of rotatable bonds is 6. The minimum absolute atomic E-state index is 0.125. The van der Waals surface area contributed by atoms with Gasteiger partial charge in [0.1, 0.15) is 12.0 Å². The van der Waals surface area contributed by atoms with E-state index in [4.69, 9.17) is 0 Å². The SMILES string of the molecule is O=C(O)c1ccncc1NC1NN(CCN2CCCC2)c2ccc(F)cc21. The number of hydrogen-bond acceptors (Lipinski definition) is 6. The van der Waals surface area contributed by atoms with Crippen LogP contribution in [0.15, 0.2) is 36.7 Å². The monoisotopic (exact) mass is 371 g/mol. The minimum atomic E-state index is -1.04. The first-order chi connectivity index (χ1) is 13.1. The summed E-state index contributed by atoms with van der Waals surface area (Å²) in [7, 11) is 0. The number of nitrogens with zero attached hydrogens (tertiary/aromatic N) is 3. The lowest BCUT2D eigenvalue weighted by Gasteiger charge is -2.24. The van der Waals surface area contributed by atoms with Gasteiger partial charge in [0.05, 0.1) is 23.1 Å². The first-order valence-corrected chi connectivity index (χ1v) is 9.11. The number of halogens is 1. The molecule has 0 aliphatic carbocycles. The molecule has 8 heteroatoms. The Morgan fingerprint density at radius 1 is 1.30 bits per heavy atom. The van der Waals surface area contributed by atoms with Crippen molar-refractivity contribution in [3.05, 3.63) is 53.6 Å². The molecule has 7 nitrogen and oxygen atoms in total. The molecule has 0 radical (unpaired) electrons. The third-order valence-corrected chi connectivity index (χ3v) is 5.07. The van der Waals surface area contributed by atoms with Gasteiger partial charge in [0.15, 0.2) is 0 Å². The Hall–Kier alpha value is -2.71. The van der Waals surface area contributed by atoms with Gasteiger partial charge in [-0.15, -0.1) is 0 Å². The van der Waals surface area contributed by atoms with Crippen molar-refractivity contribution >= 4 is 17.3 Å². The van der Waals surface area contributed by atoms with Crippen LogP contribution >= 0.6 is 0 Å². The summed E-state index contributed by atoms with van der Waals surface area (Å²) in [6, 6.07) is 6.12. The van der Waals surface area contributed by atoms with E-state index in [-0.39, 0.29) is 11.4 Å². The zero-order chi connectivity index (χ0) is 18.8. The Balaban J connectivity index is 1.55. The standard InChI is InChI=1S/C19H22FN5O2/c20-13-3-4-17-15(11-13)18(22-16-12-21-6-5-14(16)19(26)27)23-25(17)10-9-24-7-1-2-8-24/h3-6,11-12,18,22-23H,1-2,7-10H2,(H,26,27). The number of nitrogens with one attached hydrogen (secondary N) is 2. The topological polar surface area (TPSA) is 80.7 Å². The smallest absolute Gasteiger partial charge is 0.337 e. The van der Waals surface area contributed by atoms with E-state index in [1.807, 2.05) is 5.01 Å². The molecular weight excluding hydrogens is 349 g/mol. The Morgan fingerprint density at radius 3 is 2.89 bits per heavy atom. The molecule has 0 bridgehead atoms. The van der Waals surface area contributed by atoms with Crippen LogP contribution in [0.4, 0.5) is 15.8 Å². The van der Waals surface area contributed by atoms with Crippen LogP contribution in [0.2, 0.25) is 0 Å². The highest BCUT2D eigenvalue weighted by molar-refractivity contribution is 5.94. The molecule has 4 rings (SSSR count). The van der Waals surface area contributed by atoms with Gasteiger partial charge in [0.25, 0.3) is 0 Å². The molecule has 3 heterocycles. The second kappa shape index (κ2) is 7.50. The number of hydrogen-bond donors (Lipinski definition) is 3. The van der Waals surface area contributed by atoms with E-state index in [1.165, 1.54) is 43.4 Å². The van der Waals surface area contributed by atoms with Crippen LogP contribution in [0, 0.1) is 5.82 Å². The molecule has 0 amide bonds. The maximum Gasteiger partial charge on any atom is 0.337 e. The van der Waals surface area contributed by atoms with Crippen molar-refractivity contribution in [3.8, 4) is 0 Å². The lowest BCUT2D eigenvalue weighted by molar-refractivity contribution is 0.0697. The van der Waals surface area contributed by atoms with Crippen LogP contribution < -0.4 is 15.8 Å². The molecule has 1 aromatic carbocycles. The number of aromatic nitrogens is 1. The van der Waals surface area contributed by atoms with Gasteiger partial charge in [-0.1, -0.05) is 0 Å². The van der Waals surface area contributed by atoms with Crippen LogP contribution in [0.3, 0.4) is 0 Å². The molecule has 1 unspecified atom stereocenters. The molecule has 0 saturated carbocycles. The van der Waals surface area contributed by atoms with Crippen molar-refractivity contribution in [3.63, 3.8) is 0 Å². The fraction of sp³-hybridized carbons (Fsp3) is 0.368. The maximum absolute atomic E-state index is 13.9. The van der Waals surface area contributed by atoms with Crippen molar-refractivity contribution in [1.29, 1.82) is 0 Å². The number of carboxylic acid groups (broad SMARTS) is 1. The Bertz CT molecular complexity index is 841. The van der Waals surface area contributed by atoms with Crippen LogP contribution in [-0.4, -0.2) is 47.1 Å². The first-order valence-electron chi connectivity index (χ1n) is 9.11. The summed E-state index contributed by atoms with van der Waals surface area (Å²) >= 11 is 0. The van der Waals surface area contributed by atoms with Gasteiger partial charge in [-0.25, -0.2) is 14.6 Å². The van der Waals surface area contributed by atoms with Crippen molar-refractivity contribution in [2.45, 2.75) is 19.0 Å².